The van der Waals surface area contributed by atoms with Crippen molar-refractivity contribution in [3.63, 3.8) is 0 Å². The number of aromatic nitrogens is 2. The first-order valence-corrected chi connectivity index (χ1v) is 20.6. The summed E-state index contributed by atoms with van der Waals surface area (Å²) < 4.78 is 22.7. The van der Waals surface area contributed by atoms with Crippen LogP contribution in [0.4, 0.5) is 11.6 Å². The number of carbonyl (C=O) groups excluding carboxylic acids is 3. The highest BCUT2D eigenvalue weighted by Gasteiger charge is 2.35. The van der Waals surface area contributed by atoms with Gasteiger partial charge in [-0.05, 0) is 73.9 Å². The zero-order chi connectivity index (χ0) is 41.6. The van der Waals surface area contributed by atoms with Gasteiger partial charge >= 0.3 is 0 Å². The van der Waals surface area contributed by atoms with Gasteiger partial charge in [0.2, 0.25) is 0 Å². The topological polar surface area (TPSA) is 218 Å². The number of quaternary nitrogens is 1. The molecule has 1 saturated heterocycles. The predicted molar refractivity (Wildman–Crippen MR) is 221 cm³/mol. The standard InChI is InChI=1S/C42H59ClN6O9.ClH/c43-39-41(45)48-40(44)38(47-39)42(54)46-33-8-3-21-49(28-33,19-1-6-31-11-15-36(16-12-31)57-29-34(52)9-4-24-55-26-22-50)20-2-7-32-13-17-37(18-14-32)58-30-35(53)10-5-25-56-27-23-51;/h11-18,33,50-51H,1-10,19-30H2,(H4-,44,45,46,48,54);1H/t33-;/m0./s1. The van der Waals surface area contributed by atoms with Crippen LogP contribution in [0.2, 0.25) is 5.15 Å². The Balaban J connectivity index is 0.00000930. The fourth-order valence-corrected chi connectivity index (χ4v) is 7.24. The Morgan fingerprint density at radius 3 is 1.75 bits per heavy atom. The number of rotatable bonds is 28. The number of aliphatic hydroxyl groups is 2. The number of nitrogens with two attached hydrogens (primary N) is 2. The van der Waals surface area contributed by atoms with E-state index < -0.39 is 5.91 Å². The number of hydrogen-bond acceptors (Lipinski definition) is 13. The normalized spacial score (nSPS) is 14.6. The third kappa shape index (κ3) is 18.0. The van der Waals surface area contributed by atoms with Gasteiger partial charge in [-0.3, -0.25) is 14.4 Å². The summed E-state index contributed by atoms with van der Waals surface area (Å²) in [7, 11) is 0. The number of likely N-dealkylation sites (tertiary alicyclic amines) is 1. The van der Waals surface area contributed by atoms with Gasteiger partial charge < -0.3 is 62.8 Å². The van der Waals surface area contributed by atoms with E-state index in [1.54, 1.807) is 0 Å². The van der Waals surface area contributed by atoms with Crippen molar-refractivity contribution in [3.05, 3.63) is 70.5 Å². The quantitative estimate of drug-likeness (QED) is 0.0504. The van der Waals surface area contributed by atoms with E-state index in [2.05, 4.69) is 15.3 Å². The molecule has 2 heterocycles. The number of nitrogens with one attached hydrogen (secondary N) is 1. The molecule has 326 valence electrons. The van der Waals surface area contributed by atoms with E-state index in [1.165, 1.54) is 11.1 Å². The number of anilines is 2. The first-order valence-electron chi connectivity index (χ1n) is 20.2. The molecule has 0 aliphatic carbocycles. The molecule has 59 heavy (non-hydrogen) atoms. The lowest BCUT2D eigenvalue weighted by Crippen LogP contribution is -3.00. The first kappa shape index (κ1) is 49.3. The number of piperidine rings is 1. The molecular formula is C42H60Cl2N6O9. The van der Waals surface area contributed by atoms with E-state index >= 15 is 0 Å². The van der Waals surface area contributed by atoms with E-state index in [4.69, 9.17) is 52.2 Å². The Kier molecular flexibility index (Phi) is 22.5. The largest absolute Gasteiger partial charge is 1.00 e. The molecule has 1 amide bonds. The molecule has 17 heteroatoms. The predicted octanol–water partition coefficient (Wildman–Crippen LogP) is 0.747. The average Bonchev–Trinajstić information content (AvgIpc) is 3.21. The summed E-state index contributed by atoms with van der Waals surface area (Å²) in [4.78, 5) is 45.8. The van der Waals surface area contributed by atoms with E-state index in [0.717, 1.165) is 69.2 Å². The number of ether oxygens (including phenoxy) is 4. The summed E-state index contributed by atoms with van der Waals surface area (Å²) in [5.74, 6) is 0.763. The summed E-state index contributed by atoms with van der Waals surface area (Å²) >= 11 is 6.07. The second kappa shape index (κ2) is 26.9. The summed E-state index contributed by atoms with van der Waals surface area (Å²) in [6.07, 6.45) is 7.27. The van der Waals surface area contributed by atoms with Crippen molar-refractivity contribution in [3.8, 4) is 11.5 Å². The lowest BCUT2D eigenvalue weighted by atomic mass is 9.99. The van der Waals surface area contributed by atoms with E-state index in [0.29, 0.717) is 50.4 Å². The Hall–Kier alpha value is -4.09. The monoisotopic (exact) mass is 862 g/mol. The lowest BCUT2D eigenvalue weighted by Gasteiger charge is -2.45. The van der Waals surface area contributed by atoms with Gasteiger partial charge in [0, 0.05) is 38.9 Å². The van der Waals surface area contributed by atoms with Gasteiger partial charge in [0.1, 0.15) is 24.7 Å². The minimum absolute atomic E-state index is 0. The van der Waals surface area contributed by atoms with Crippen LogP contribution in [-0.4, -0.2) is 127 Å². The molecule has 7 N–H and O–H groups in total. The van der Waals surface area contributed by atoms with Crippen LogP contribution < -0.4 is 38.7 Å². The Bertz CT molecular complexity index is 1640. The maximum absolute atomic E-state index is 13.3. The number of nitrogens with zero attached hydrogens (tertiary/aromatic N) is 3. The number of carbonyl (C=O) groups is 3. The minimum Gasteiger partial charge on any atom is -1.00 e. The Morgan fingerprint density at radius 2 is 1.25 bits per heavy atom. The van der Waals surface area contributed by atoms with Crippen LogP contribution in [0.5, 0.6) is 11.5 Å². The third-order valence-corrected chi connectivity index (χ3v) is 10.3. The van der Waals surface area contributed by atoms with Crippen LogP contribution in [0.3, 0.4) is 0 Å². The maximum atomic E-state index is 13.3. The molecule has 15 nitrogen and oxygen atoms in total. The second-order valence-electron chi connectivity index (χ2n) is 14.7. The highest BCUT2D eigenvalue weighted by atomic mass is 35.5. The van der Waals surface area contributed by atoms with Crippen molar-refractivity contribution in [2.75, 3.05) is 90.5 Å². The van der Waals surface area contributed by atoms with E-state index in [9.17, 15) is 14.4 Å². The molecule has 0 radical (unpaired) electrons. The van der Waals surface area contributed by atoms with Crippen LogP contribution in [0.25, 0.3) is 0 Å². The molecule has 3 aromatic rings. The molecule has 1 aromatic heterocycles. The second-order valence-corrected chi connectivity index (χ2v) is 15.0. The number of ketones is 2. The van der Waals surface area contributed by atoms with E-state index in [-0.39, 0.29) is 92.1 Å². The van der Waals surface area contributed by atoms with Gasteiger partial charge in [0.25, 0.3) is 5.91 Å². The van der Waals surface area contributed by atoms with Gasteiger partial charge in [-0.15, -0.1) is 0 Å². The van der Waals surface area contributed by atoms with Gasteiger partial charge in [-0.2, -0.15) is 0 Å². The molecular weight excluding hydrogens is 803 g/mol. The molecule has 1 aliphatic rings. The highest BCUT2D eigenvalue weighted by Crippen LogP contribution is 2.25. The highest BCUT2D eigenvalue weighted by molar-refractivity contribution is 6.31. The van der Waals surface area contributed by atoms with Gasteiger partial charge in [0.05, 0.1) is 58.6 Å². The fourth-order valence-electron chi connectivity index (χ4n) is 7.11. The smallest absolute Gasteiger partial charge is 0.274 e. The maximum Gasteiger partial charge on any atom is 0.274 e. The van der Waals surface area contributed by atoms with Gasteiger partial charge in [-0.25, -0.2) is 9.97 Å². The number of aliphatic hydroxyl groups excluding tert-OH is 2. The molecule has 1 aliphatic heterocycles. The average molecular weight is 864 g/mol. The molecule has 1 atom stereocenters. The minimum atomic E-state index is -0.427. The van der Waals surface area contributed by atoms with Crippen molar-refractivity contribution in [1.82, 2.24) is 15.3 Å². The van der Waals surface area contributed by atoms with Crippen LogP contribution in [0.15, 0.2) is 48.5 Å². The number of Topliss-reactive ketones (excluding diaryl/α,β-unsaturated/α-hetero) is 2. The number of benzene rings is 2. The zero-order valence-electron chi connectivity index (χ0n) is 33.8. The number of halogens is 2. The zero-order valence-corrected chi connectivity index (χ0v) is 35.3. The van der Waals surface area contributed by atoms with Crippen LogP contribution in [0.1, 0.15) is 73.0 Å². The van der Waals surface area contributed by atoms with E-state index in [1.807, 2.05) is 48.5 Å². The van der Waals surface area contributed by atoms with Gasteiger partial charge in [-0.1, -0.05) is 35.9 Å². The van der Waals surface area contributed by atoms with Crippen LogP contribution in [-0.2, 0) is 31.9 Å². The molecule has 0 saturated carbocycles. The summed E-state index contributed by atoms with van der Waals surface area (Å²) in [5.41, 5.74) is 14.0. The van der Waals surface area contributed by atoms with Crippen molar-refractivity contribution >= 4 is 40.7 Å². The first-order chi connectivity index (χ1) is 28.1. The van der Waals surface area contributed by atoms with Crippen LogP contribution in [0, 0.1) is 0 Å². The molecule has 2 aromatic carbocycles. The molecule has 1 fully saturated rings. The summed E-state index contributed by atoms with van der Waals surface area (Å²) in [6.45, 7) is 4.94. The van der Waals surface area contributed by atoms with Crippen molar-refractivity contribution < 1.29 is 60.4 Å². The SMILES string of the molecule is Nc1nc(N)c(C(=O)N[C@H]2CCC[N+](CCCc3ccc(OCC(=O)CCCOCCO)cc3)(CCCc3ccc(OCC(=O)CCCOCCO)cc3)C2)nc1Cl.[Cl-]. The molecule has 0 unspecified atom stereocenters. The fraction of sp³-hybridized carbons (Fsp3) is 0.548. The van der Waals surface area contributed by atoms with Gasteiger partial charge in [0.15, 0.2) is 34.0 Å². The number of amides is 1. The lowest BCUT2D eigenvalue weighted by molar-refractivity contribution is -0.933. The van der Waals surface area contributed by atoms with Crippen molar-refractivity contribution in [1.29, 1.82) is 0 Å². The molecule has 4 rings (SSSR count). The Labute approximate surface area is 358 Å². The molecule has 0 bridgehead atoms. The third-order valence-electron chi connectivity index (χ3n) is 10.0. The van der Waals surface area contributed by atoms with Crippen molar-refractivity contribution in [2.45, 2.75) is 70.3 Å². The Morgan fingerprint density at radius 1 is 0.746 bits per heavy atom. The molecule has 0 spiro atoms. The number of nitrogen functional groups attached to an aromatic ring is 2. The van der Waals surface area contributed by atoms with Crippen LogP contribution >= 0.6 is 11.6 Å². The number of hydrogen-bond donors (Lipinski definition) is 5. The van der Waals surface area contributed by atoms with Crippen molar-refractivity contribution in [2.24, 2.45) is 0 Å². The summed E-state index contributed by atoms with van der Waals surface area (Å²) in [6, 6.07) is 15.6. The number of aryl methyl sites for hydroxylation is 2. The summed E-state index contributed by atoms with van der Waals surface area (Å²) in [5, 5.41) is 20.6.